The van der Waals surface area contributed by atoms with E-state index in [4.69, 9.17) is 4.74 Å². The highest BCUT2D eigenvalue weighted by Crippen LogP contribution is 2.25. The quantitative estimate of drug-likeness (QED) is 0.371. The van der Waals surface area contributed by atoms with E-state index in [1.165, 1.54) is 38.1 Å². The Bertz CT molecular complexity index is 918. The summed E-state index contributed by atoms with van der Waals surface area (Å²) >= 11 is 0. The summed E-state index contributed by atoms with van der Waals surface area (Å²) in [7, 11) is 0.533. The minimum absolute atomic E-state index is 0.114. The van der Waals surface area contributed by atoms with Crippen molar-refractivity contribution in [1.29, 1.82) is 0 Å². The minimum Gasteiger partial charge on any atom is -0.372 e. The molecule has 1 N–H and O–H groups in total. The van der Waals surface area contributed by atoms with Gasteiger partial charge in [-0.05, 0) is 30.0 Å². The zero-order valence-electron chi connectivity index (χ0n) is 19.2. The lowest BCUT2D eigenvalue weighted by molar-refractivity contribution is -0.117. The Morgan fingerprint density at radius 2 is 1.81 bits per heavy atom. The van der Waals surface area contributed by atoms with Gasteiger partial charge >= 0.3 is 0 Å². The zero-order valence-corrected chi connectivity index (χ0v) is 20.0. The number of carbonyl (C=O) groups excluding carboxylic acids is 1. The van der Waals surface area contributed by atoms with Crippen LogP contribution in [0.1, 0.15) is 69.0 Å². The molecule has 1 aromatic carbocycles. The molecule has 0 fully saturated rings. The first kappa shape index (κ1) is 25.7. The molecule has 0 saturated heterocycles. The summed E-state index contributed by atoms with van der Waals surface area (Å²) in [5.74, 6) is 5.65. The standard InChI is InChI=1S/C25H33N3O3S/c1-4-5-6-7-8-9-12-23(20-13-15-22(16-14-20)32(3)30)25(29)28-24-19-26-21(18-27-24)11-10-17-31-2/h13-16,18-19,23H,4-9,12,17H2,1-3H3,(H,27,28,29). The third-order valence-electron chi connectivity index (χ3n) is 5.11. The molecule has 0 aliphatic carbocycles. The molecule has 0 saturated carbocycles. The van der Waals surface area contributed by atoms with Crippen LogP contribution in [0.5, 0.6) is 0 Å². The van der Waals surface area contributed by atoms with Gasteiger partial charge in [-0.2, -0.15) is 0 Å². The van der Waals surface area contributed by atoms with E-state index in [-0.39, 0.29) is 11.8 Å². The van der Waals surface area contributed by atoms with Gasteiger partial charge in [-0.25, -0.2) is 9.97 Å². The number of methoxy groups -OCH3 is 1. The highest BCUT2D eigenvalue weighted by molar-refractivity contribution is 7.84. The molecule has 0 spiro atoms. The van der Waals surface area contributed by atoms with E-state index in [0.717, 1.165) is 29.7 Å². The number of anilines is 1. The van der Waals surface area contributed by atoms with Gasteiger partial charge in [0.05, 0.1) is 18.3 Å². The average molecular weight is 456 g/mol. The van der Waals surface area contributed by atoms with Crippen molar-refractivity contribution in [3.63, 3.8) is 0 Å². The van der Waals surface area contributed by atoms with Gasteiger partial charge in [-0.1, -0.05) is 63.5 Å². The summed E-state index contributed by atoms with van der Waals surface area (Å²) in [6.45, 7) is 2.53. The number of amides is 1. The molecule has 1 aromatic heterocycles. The number of nitrogens with one attached hydrogen (secondary N) is 1. The van der Waals surface area contributed by atoms with Crippen molar-refractivity contribution in [2.75, 3.05) is 25.3 Å². The maximum atomic E-state index is 13.1. The van der Waals surface area contributed by atoms with Crippen LogP contribution < -0.4 is 5.32 Å². The summed E-state index contributed by atoms with van der Waals surface area (Å²) in [6.07, 6.45) is 12.4. The van der Waals surface area contributed by atoms with Crippen LogP contribution in [0.2, 0.25) is 0 Å². The molecule has 2 unspecified atom stereocenters. The van der Waals surface area contributed by atoms with Crippen molar-refractivity contribution < 1.29 is 13.7 Å². The molecule has 0 radical (unpaired) electrons. The number of rotatable bonds is 12. The highest BCUT2D eigenvalue weighted by atomic mass is 32.2. The van der Waals surface area contributed by atoms with Crippen molar-refractivity contribution in [2.45, 2.75) is 62.7 Å². The van der Waals surface area contributed by atoms with Crippen LogP contribution in [-0.4, -0.2) is 40.1 Å². The Labute approximate surface area is 194 Å². The number of nitrogens with zero attached hydrogens (tertiary/aromatic N) is 2. The molecule has 0 aliphatic rings. The number of ether oxygens (including phenoxy) is 1. The van der Waals surface area contributed by atoms with Crippen molar-refractivity contribution in [2.24, 2.45) is 0 Å². The Balaban J connectivity index is 2.07. The lowest BCUT2D eigenvalue weighted by atomic mass is 9.92. The average Bonchev–Trinajstić information content (AvgIpc) is 2.80. The van der Waals surface area contributed by atoms with Gasteiger partial charge in [0.1, 0.15) is 12.3 Å². The van der Waals surface area contributed by atoms with Gasteiger partial charge in [0, 0.05) is 29.1 Å². The van der Waals surface area contributed by atoms with E-state index in [0.29, 0.717) is 18.1 Å². The summed E-state index contributed by atoms with van der Waals surface area (Å²) in [5.41, 5.74) is 1.44. The Morgan fingerprint density at radius 1 is 1.09 bits per heavy atom. The van der Waals surface area contributed by atoms with Crippen LogP contribution in [0.4, 0.5) is 5.82 Å². The van der Waals surface area contributed by atoms with Crippen LogP contribution in [0.3, 0.4) is 0 Å². The number of hydrogen-bond donors (Lipinski definition) is 1. The molecule has 2 aromatic rings. The molecule has 1 heterocycles. The molecule has 6 nitrogen and oxygen atoms in total. The largest absolute Gasteiger partial charge is 0.372 e. The van der Waals surface area contributed by atoms with Crippen LogP contribution >= 0.6 is 0 Å². The molecule has 0 aliphatic heterocycles. The molecular weight excluding hydrogens is 422 g/mol. The van der Waals surface area contributed by atoms with E-state index in [2.05, 4.69) is 34.0 Å². The van der Waals surface area contributed by atoms with E-state index in [9.17, 15) is 9.00 Å². The number of aromatic nitrogens is 2. The first-order valence-corrected chi connectivity index (χ1v) is 12.6. The van der Waals surface area contributed by atoms with Crippen LogP contribution in [-0.2, 0) is 20.3 Å². The number of unbranched alkanes of at least 4 members (excludes halogenated alkanes) is 5. The first-order chi connectivity index (χ1) is 15.5. The van der Waals surface area contributed by atoms with E-state index in [1.54, 1.807) is 13.4 Å². The van der Waals surface area contributed by atoms with Gasteiger partial charge in [0.25, 0.3) is 0 Å². The summed E-state index contributed by atoms with van der Waals surface area (Å²) in [4.78, 5) is 22.4. The topological polar surface area (TPSA) is 81.2 Å². The van der Waals surface area contributed by atoms with Gasteiger partial charge in [-0.3, -0.25) is 9.00 Å². The maximum absolute atomic E-state index is 13.1. The van der Waals surface area contributed by atoms with Crippen LogP contribution in [0, 0.1) is 11.8 Å². The van der Waals surface area contributed by atoms with Crippen molar-refractivity contribution in [3.8, 4) is 11.8 Å². The lowest BCUT2D eigenvalue weighted by Crippen LogP contribution is -2.22. The second-order valence-corrected chi connectivity index (χ2v) is 9.02. The van der Waals surface area contributed by atoms with Crippen LogP contribution in [0.15, 0.2) is 41.6 Å². The predicted molar refractivity (Wildman–Crippen MR) is 129 cm³/mol. The molecule has 32 heavy (non-hydrogen) atoms. The predicted octanol–water partition coefficient (Wildman–Crippen LogP) is 4.68. The minimum atomic E-state index is -1.05. The second kappa shape index (κ2) is 14.5. The summed E-state index contributed by atoms with van der Waals surface area (Å²) in [6, 6.07) is 7.47. The fraction of sp³-hybridized carbons (Fsp3) is 0.480. The van der Waals surface area contributed by atoms with Crippen molar-refractivity contribution >= 4 is 22.5 Å². The molecule has 172 valence electrons. The monoisotopic (exact) mass is 455 g/mol. The Kier molecular flexibility index (Phi) is 11.6. The molecule has 2 atom stereocenters. The molecule has 0 bridgehead atoms. The molecular formula is C25H33N3O3S. The SMILES string of the molecule is CCCCCCCCC(C(=O)Nc1cnc(C#CCOC)cn1)c1ccc(S(C)=O)cc1. The lowest BCUT2D eigenvalue weighted by Gasteiger charge is -2.17. The molecule has 7 heteroatoms. The second-order valence-electron chi connectivity index (χ2n) is 7.64. The fourth-order valence-corrected chi connectivity index (χ4v) is 3.86. The molecule has 2 rings (SSSR count). The first-order valence-electron chi connectivity index (χ1n) is 11.1. The normalized spacial score (nSPS) is 12.5. The van der Waals surface area contributed by atoms with Crippen LogP contribution in [0.25, 0.3) is 0 Å². The maximum Gasteiger partial charge on any atom is 0.233 e. The Morgan fingerprint density at radius 3 is 2.44 bits per heavy atom. The number of benzene rings is 1. The smallest absolute Gasteiger partial charge is 0.233 e. The zero-order chi connectivity index (χ0) is 23.2. The fourth-order valence-electron chi connectivity index (χ4n) is 3.34. The van der Waals surface area contributed by atoms with Crippen molar-refractivity contribution in [3.05, 3.63) is 47.9 Å². The van der Waals surface area contributed by atoms with E-state index >= 15 is 0 Å². The highest BCUT2D eigenvalue weighted by Gasteiger charge is 2.21. The summed E-state index contributed by atoms with van der Waals surface area (Å²) in [5, 5.41) is 2.89. The van der Waals surface area contributed by atoms with E-state index in [1.807, 2.05) is 24.3 Å². The van der Waals surface area contributed by atoms with Gasteiger partial charge in [0.2, 0.25) is 5.91 Å². The van der Waals surface area contributed by atoms with Gasteiger partial charge < -0.3 is 10.1 Å². The third kappa shape index (κ3) is 8.89. The summed E-state index contributed by atoms with van der Waals surface area (Å²) < 4.78 is 16.6. The van der Waals surface area contributed by atoms with Crippen molar-refractivity contribution in [1.82, 2.24) is 9.97 Å². The number of carbonyl (C=O) groups is 1. The van der Waals surface area contributed by atoms with Gasteiger partial charge in [-0.15, -0.1) is 0 Å². The molecule has 1 amide bonds. The number of hydrogen-bond acceptors (Lipinski definition) is 5. The van der Waals surface area contributed by atoms with E-state index < -0.39 is 10.8 Å². The third-order valence-corrected chi connectivity index (χ3v) is 6.05. The van der Waals surface area contributed by atoms with Gasteiger partial charge in [0.15, 0.2) is 5.82 Å². The Hall–Kier alpha value is -2.56.